The van der Waals surface area contributed by atoms with Crippen LogP contribution in [0.2, 0.25) is 0 Å². The minimum Gasteiger partial charge on any atom is -0.348 e. The van der Waals surface area contributed by atoms with Crippen LogP contribution in [0.3, 0.4) is 0 Å². The highest BCUT2D eigenvalue weighted by atomic mass is 16.2. The minimum absolute atomic E-state index is 0.0787. The Hall–Kier alpha value is -2.10. The van der Waals surface area contributed by atoms with E-state index in [0.29, 0.717) is 24.9 Å². The van der Waals surface area contributed by atoms with Gasteiger partial charge in [0.2, 0.25) is 11.8 Å². The first-order chi connectivity index (χ1) is 9.69. The van der Waals surface area contributed by atoms with Gasteiger partial charge in [-0.25, -0.2) is 0 Å². The van der Waals surface area contributed by atoms with Gasteiger partial charge in [-0.05, 0) is 18.1 Å². The van der Waals surface area contributed by atoms with Gasteiger partial charge in [-0.1, -0.05) is 36.9 Å². The molecule has 20 heavy (non-hydrogen) atoms. The van der Waals surface area contributed by atoms with Crippen LogP contribution in [-0.2, 0) is 9.59 Å². The first-order valence-electron chi connectivity index (χ1n) is 6.96. The van der Waals surface area contributed by atoms with Crippen LogP contribution < -0.4 is 5.32 Å². The second-order valence-corrected chi connectivity index (χ2v) is 5.48. The van der Waals surface area contributed by atoms with Crippen LogP contribution in [0.25, 0.3) is 0 Å². The van der Waals surface area contributed by atoms with Gasteiger partial charge < -0.3 is 10.2 Å². The number of nitrogens with zero attached hydrogens (tertiary/aromatic N) is 1. The van der Waals surface area contributed by atoms with Gasteiger partial charge in [-0.15, -0.1) is 0 Å². The molecule has 1 aromatic carbocycles. The van der Waals surface area contributed by atoms with Crippen molar-refractivity contribution in [3.8, 4) is 0 Å². The van der Waals surface area contributed by atoms with Gasteiger partial charge in [0.1, 0.15) is 0 Å². The third-order valence-corrected chi connectivity index (χ3v) is 4.08. The molecule has 1 N–H and O–H groups in total. The molecule has 2 aliphatic rings. The maximum atomic E-state index is 12.1. The molecule has 1 aromatic rings. The number of carbonyl (C=O) groups is 2. The summed E-state index contributed by atoms with van der Waals surface area (Å²) in [5.74, 6) is 0.386. The molecule has 104 valence electrons. The highest BCUT2D eigenvalue weighted by molar-refractivity contribution is 5.88. The zero-order valence-corrected chi connectivity index (χ0v) is 11.3. The fraction of sp³-hybridized carbons (Fsp3) is 0.375. The van der Waals surface area contributed by atoms with Crippen molar-refractivity contribution in [3.05, 3.63) is 48.6 Å². The van der Waals surface area contributed by atoms with Gasteiger partial charge in [-0.2, -0.15) is 0 Å². The largest absolute Gasteiger partial charge is 0.348 e. The van der Waals surface area contributed by atoms with E-state index in [0.717, 1.165) is 6.42 Å². The maximum Gasteiger partial charge on any atom is 0.243 e. The molecule has 3 rings (SSSR count). The Morgan fingerprint density at radius 1 is 1.35 bits per heavy atom. The number of rotatable bonds is 4. The smallest absolute Gasteiger partial charge is 0.243 e. The fourth-order valence-corrected chi connectivity index (χ4v) is 2.99. The number of hydrogen-bond acceptors (Lipinski definition) is 2. The molecule has 1 aliphatic carbocycles. The second kappa shape index (κ2) is 5.12. The fourth-order valence-electron chi connectivity index (χ4n) is 2.99. The van der Waals surface area contributed by atoms with Gasteiger partial charge in [0.15, 0.2) is 0 Å². The summed E-state index contributed by atoms with van der Waals surface area (Å²) < 4.78 is 0. The number of nitrogens with one attached hydrogen (secondary N) is 1. The van der Waals surface area contributed by atoms with Crippen molar-refractivity contribution in [2.75, 3.05) is 6.54 Å². The van der Waals surface area contributed by atoms with Crippen molar-refractivity contribution >= 4 is 11.8 Å². The minimum atomic E-state index is -0.208. The number of benzene rings is 1. The lowest BCUT2D eigenvalue weighted by molar-refractivity contribution is -0.128. The molecule has 1 saturated heterocycles. The van der Waals surface area contributed by atoms with Crippen LogP contribution in [0, 0.1) is 0 Å². The third kappa shape index (κ3) is 2.46. The van der Waals surface area contributed by atoms with Crippen LogP contribution in [0.15, 0.2) is 43.0 Å². The van der Waals surface area contributed by atoms with Crippen LogP contribution in [-0.4, -0.2) is 35.3 Å². The van der Waals surface area contributed by atoms with E-state index in [1.807, 2.05) is 23.1 Å². The lowest BCUT2D eigenvalue weighted by Gasteiger charge is -2.17. The molecular formula is C16H18N2O2. The van der Waals surface area contributed by atoms with E-state index in [2.05, 4.69) is 24.0 Å². The molecule has 0 bridgehead atoms. The average molecular weight is 270 g/mol. The van der Waals surface area contributed by atoms with Gasteiger partial charge in [0.05, 0.1) is 6.04 Å². The van der Waals surface area contributed by atoms with Crippen molar-refractivity contribution in [3.63, 3.8) is 0 Å². The zero-order valence-electron chi connectivity index (χ0n) is 11.3. The molecule has 4 heteroatoms. The van der Waals surface area contributed by atoms with E-state index in [-0.39, 0.29) is 17.9 Å². The average Bonchev–Trinajstić information content (AvgIpc) is 3.18. The summed E-state index contributed by atoms with van der Waals surface area (Å²) >= 11 is 0. The topological polar surface area (TPSA) is 49.4 Å². The highest BCUT2D eigenvalue weighted by Crippen LogP contribution is 2.45. The Labute approximate surface area is 118 Å². The van der Waals surface area contributed by atoms with Crippen molar-refractivity contribution in [1.82, 2.24) is 10.2 Å². The van der Waals surface area contributed by atoms with Crippen molar-refractivity contribution in [2.45, 2.75) is 30.8 Å². The Balaban J connectivity index is 1.61. The van der Waals surface area contributed by atoms with Crippen molar-refractivity contribution < 1.29 is 9.59 Å². The van der Waals surface area contributed by atoms with Crippen molar-refractivity contribution in [1.29, 1.82) is 0 Å². The van der Waals surface area contributed by atoms with Gasteiger partial charge >= 0.3 is 0 Å². The SMILES string of the molecule is C=CC(=O)N[C@@H]1CC(=O)N([C@@H]2C[C@H]2c2ccccc2)C1. The predicted molar refractivity (Wildman–Crippen MR) is 76.0 cm³/mol. The Morgan fingerprint density at radius 3 is 2.80 bits per heavy atom. The van der Waals surface area contributed by atoms with Crippen LogP contribution in [0.1, 0.15) is 24.3 Å². The number of carbonyl (C=O) groups excluding carboxylic acids is 2. The molecule has 0 radical (unpaired) electrons. The summed E-state index contributed by atoms with van der Waals surface area (Å²) in [6, 6.07) is 10.5. The predicted octanol–water partition coefficient (Wildman–Crippen LogP) is 1.45. The number of amides is 2. The summed E-state index contributed by atoms with van der Waals surface area (Å²) in [5, 5.41) is 2.81. The van der Waals surface area contributed by atoms with Crippen LogP contribution in [0.4, 0.5) is 0 Å². The van der Waals surface area contributed by atoms with E-state index >= 15 is 0 Å². The summed E-state index contributed by atoms with van der Waals surface area (Å²) in [7, 11) is 0. The van der Waals surface area contributed by atoms with E-state index in [1.54, 1.807) is 0 Å². The molecule has 2 fully saturated rings. The number of hydrogen-bond donors (Lipinski definition) is 1. The normalized spacial score (nSPS) is 28.3. The maximum absolute atomic E-state index is 12.1. The first kappa shape index (κ1) is 12.9. The molecule has 0 unspecified atom stereocenters. The standard InChI is InChI=1S/C16H18N2O2/c1-2-15(19)17-12-8-16(20)18(10-12)14-9-13(14)11-6-4-3-5-7-11/h2-7,12-14H,1,8-10H2,(H,17,19)/t12-,13+,14-/m1/s1. The summed E-state index contributed by atoms with van der Waals surface area (Å²) in [6.45, 7) is 4.05. The Kier molecular flexibility index (Phi) is 3.30. The molecule has 4 nitrogen and oxygen atoms in total. The first-order valence-corrected chi connectivity index (χ1v) is 6.96. The molecular weight excluding hydrogens is 252 g/mol. The molecule has 3 atom stereocenters. The Morgan fingerprint density at radius 2 is 2.10 bits per heavy atom. The van der Waals surface area contributed by atoms with Gasteiger partial charge in [0.25, 0.3) is 0 Å². The van der Waals surface area contributed by atoms with Crippen LogP contribution >= 0.6 is 0 Å². The molecule has 1 saturated carbocycles. The lowest BCUT2D eigenvalue weighted by atomic mass is 10.1. The van der Waals surface area contributed by atoms with Gasteiger partial charge in [0, 0.05) is 24.9 Å². The summed E-state index contributed by atoms with van der Waals surface area (Å²) in [6.07, 6.45) is 2.67. The summed E-state index contributed by atoms with van der Waals surface area (Å²) in [5.41, 5.74) is 1.30. The zero-order chi connectivity index (χ0) is 14.1. The molecule has 1 heterocycles. The van der Waals surface area contributed by atoms with E-state index < -0.39 is 0 Å². The monoisotopic (exact) mass is 270 g/mol. The molecule has 2 amide bonds. The second-order valence-electron chi connectivity index (χ2n) is 5.48. The Bertz CT molecular complexity index is 541. The van der Waals surface area contributed by atoms with Crippen LogP contribution in [0.5, 0.6) is 0 Å². The van der Waals surface area contributed by atoms with E-state index in [4.69, 9.17) is 0 Å². The third-order valence-electron chi connectivity index (χ3n) is 4.08. The number of likely N-dealkylation sites (tertiary alicyclic amines) is 1. The molecule has 0 spiro atoms. The summed E-state index contributed by atoms with van der Waals surface area (Å²) in [4.78, 5) is 25.3. The lowest BCUT2D eigenvalue weighted by Crippen LogP contribution is -2.36. The highest BCUT2D eigenvalue weighted by Gasteiger charge is 2.47. The van der Waals surface area contributed by atoms with E-state index in [1.165, 1.54) is 11.6 Å². The molecule has 1 aliphatic heterocycles. The van der Waals surface area contributed by atoms with E-state index in [9.17, 15) is 9.59 Å². The van der Waals surface area contributed by atoms with Crippen molar-refractivity contribution in [2.24, 2.45) is 0 Å². The molecule has 0 aromatic heterocycles. The van der Waals surface area contributed by atoms with Gasteiger partial charge in [-0.3, -0.25) is 9.59 Å². The quantitative estimate of drug-likeness (QED) is 0.842.